The van der Waals surface area contributed by atoms with E-state index in [1.165, 1.54) is 29.0 Å². The molecule has 1 heterocycles. The van der Waals surface area contributed by atoms with Crippen molar-refractivity contribution in [2.24, 2.45) is 0 Å². The van der Waals surface area contributed by atoms with Gasteiger partial charge in [0.05, 0.1) is 10.5 Å². The summed E-state index contributed by atoms with van der Waals surface area (Å²) >= 11 is 1.46. The first-order chi connectivity index (χ1) is 14.4. The van der Waals surface area contributed by atoms with Gasteiger partial charge in [-0.1, -0.05) is 18.2 Å². The fourth-order valence-electron chi connectivity index (χ4n) is 4.34. The van der Waals surface area contributed by atoms with Crippen LogP contribution >= 0.6 is 11.8 Å². The number of amides is 1. The molecule has 0 unspecified atom stereocenters. The Hall–Kier alpha value is -1.83. The van der Waals surface area contributed by atoms with Crippen LogP contribution in [0.1, 0.15) is 59.3 Å². The molecule has 0 saturated carbocycles. The summed E-state index contributed by atoms with van der Waals surface area (Å²) < 4.78 is 29.0. The van der Waals surface area contributed by atoms with Crippen LogP contribution in [0.15, 0.2) is 46.2 Å². The molecule has 2 aromatic rings. The average molecular weight is 445 g/mol. The van der Waals surface area contributed by atoms with Gasteiger partial charge in [0.25, 0.3) is 5.91 Å². The topological polar surface area (TPSA) is 66.5 Å². The number of hydrogen-bond acceptors (Lipinski definition) is 4. The smallest absolute Gasteiger partial charge is 0.255 e. The summed E-state index contributed by atoms with van der Waals surface area (Å²) in [5, 5.41) is 0. The van der Waals surface area contributed by atoms with Crippen molar-refractivity contribution >= 4 is 27.7 Å². The second kappa shape index (κ2) is 8.73. The lowest BCUT2D eigenvalue weighted by Crippen LogP contribution is -2.29. The first kappa shape index (κ1) is 21.4. The van der Waals surface area contributed by atoms with Gasteiger partial charge in [-0.2, -0.15) is 0 Å². The fourth-order valence-corrected chi connectivity index (χ4v) is 6.17. The SMILES string of the molecule is CSc1ccc(S(=O)(=O)N[C@@H](C)c2ccc3c(c2)CCC3)cc1C(=O)N1CCCC1. The van der Waals surface area contributed by atoms with Gasteiger partial charge in [0.1, 0.15) is 0 Å². The van der Waals surface area contributed by atoms with Gasteiger partial charge >= 0.3 is 0 Å². The van der Waals surface area contributed by atoms with Crippen molar-refractivity contribution in [3.8, 4) is 0 Å². The van der Waals surface area contributed by atoms with Gasteiger partial charge in [-0.15, -0.1) is 11.8 Å². The zero-order valence-electron chi connectivity index (χ0n) is 17.5. The molecule has 2 aromatic carbocycles. The van der Waals surface area contributed by atoms with Crippen LogP contribution in [0.2, 0.25) is 0 Å². The standard InChI is InChI=1S/C23H28N2O3S2/c1-16(18-9-8-17-6-5-7-19(17)14-18)24-30(27,28)20-10-11-22(29-2)21(15-20)23(26)25-12-3-4-13-25/h8-11,14-16,24H,3-7,12-13H2,1-2H3/t16-/m0/s1. The number of hydrogen-bond donors (Lipinski definition) is 1. The predicted molar refractivity (Wildman–Crippen MR) is 121 cm³/mol. The van der Waals surface area contributed by atoms with Crippen molar-refractivity contribution in [1.29, 1.82) is 0 Å². The van der Waals surface area contributed by atoms with Gasteiger partial charge in [0.15, 0.2) is 0 Å². The van der Waals surface area contributed by atoms with Gasteiger partial charge in [-0.3, -0.25) is 4.79 Å². The van der Waals surface area contributed by atoms with E-state index in [-0.39, 0.29) is 16.8 Å². The molecule has 7 heteroatoms. The quantitative estimate of drug-likeness (QED) is 0.679. The minimum absolute atomic E-state index is 0.0828. The molecular weight excluding hydrogens is 416 g/mol. The van der Waals surface area contributed by atoms with Crippen molar-refractivity contribution in [3.05, 3.63) is 58.7 Å². The minimum Gasteiger partial charge on any atom is -0.339 e. The van der Waals surface area contributed by atoms with Crippen LogP contribution < -0.4 is 4.72 Å². The van der Waals surface area contributed by atoms with E-state index in [1.807, 2.05) is 24.1 Å². The predicted octanol–water partition coefficient (Wildman–Crippen LogP) is 4.17. The van der Waals surface area contributed by atoms with Gasteiger partial charge < -0.3 is 4.90 Å². The number of carbonyl (C=O) groups excluding carboxylic acids is 1. The average Bonchev–Trinajstić information content (AvgIpc) is 3.43. The monoisotopic (exact) mass is 444 g/mol. The lowest BCUT2D eigenvalue weighted by atomic mass is 10.0. The third-order valence-electron chi connectivity index (χ3n) is 6.06. The lowest BCUT2D eigenvalue weighted by Gasteiger charge is -2.19. The van der Waals surface area contributed by atoms with Crippen LogP contribution in [-0.2, 0) is 22.9 Å². The van der Waals surface area contributed by atoms with Crippen LogP contribution in [0.25, 0.3) is 0 Å². The largest absolute Gasteiger partial charge is 0.339 e. The lowest BCUT2D eigenvalue weighted by molar-refractivity contribution is 0.0789. The summed E-state index contributed by atoms with van der Waals surface area (Å²) in [7, 11) is -3.76. The summed E-state index contributed by atoms with van der Waals surface area (Å²) in [6, 6.07) is 10.8. The van der Waals surface area contributed by atoms with Gasteiger partial charge in [0.2, 0.25) is 10.0 Å². The summed E-state index contributed by atoms with van der Waals surface area (Å²) in [6.07, 6.45) is 7.22. The molecular formula is C23H28N2O3S2. The summed E-state index contributed by atoms with van der Waals surface area (Å²) in [6.45, 7) is 3.33. The molecule has 30 heavy (non-hydrogen) atoms. The van der Waals surface area contributed by atoms with E-state index < -0.39 is 10.0 Å². The molecule has 1 N–H and O–H groups in total. The first-order valence-corrected chi connectivity index (χ1v) is 13.2. The third-order valence-corrected chi connectivity index (χ3v) is 8.39. The Labute approximate surface area is 183 Å². The van der Waals surface area contributed by atoms with Crippen LogP contribution in [0.4, 0.5) is 0 Å². The Kier molecular flexibility index (Phi) is 6.23. The Morgan fingerprint density at radius 1 is 1.03 bits per heavy atom. The number of nitrogens with zero attached hydrogens (tertiary/aromatic N) is 1. The summed E-state index contributed by atoms with van der Waals surface area (Å²) in [4.78, 5) is 15.7. The van der Waals surface area contributed by atoms with Crippen molar-refractivity contribution in [2.45, 2.75) is 54.9 Å². The van der Waals surface area contributed by atoms with E-state index in [4.69, 9.17) is 0 Å². The molecule has 1 fully saturated rings. The molecule has 0 aromatic heterocycles. The van der Waals surface area contributed by atoms with E-state index >= 15 is 0 Å². The number of fused-ring (bicyclic) bond motifs is 1. The Morgan fingerprint density at radius 3 is 2.50 bits per heavy atom. The Bertz CT molecular complexity index is 1060. The molecule has 4 rings (SSSR count). The Morgan fingerprint density at radius 2 is 1.77 bits per heavy atom. The van der Waals surface area contributed by atoms with Gasteiger partial charge in [-0.05, 0) is 80.2 Å². The maximum Gasteiger partial charge on any atom is 0.255 e. The zero-order valence-corrected chi connectivity index (χ0v) is 19.1. The number of sulfonamides is 1. The fraction of sp³-hybridized carbons (Fsp3) is 0.435. The molecule has 5 nitrogen and oxygen atoms in total. The molecule has 1 amide bonds. The Balaban J connectivity index is 1.59. The molecule has 1 aliphatic carbocycles. The van der Waals surface area contributed by atoms with E-state index in [9.17, 15) is 13.2 Å². The number of benzene rings is 2. The van der Waals surface area contributed by atoms with E-state index in [2.05, 4.69) is 16.9 Å². The first-order valence-electron chi connectivity index (χ1n) is 10.5. The highest BCUT2D eigenvalue weighted by Crippen LogP contribution is 2.28. The number of aryl methyl sites for hydroxylation is 2. The van der Waals surface area contributed by atoms with Crippen LogP contribution in [0.5, 0.6) is 0 Å². The van der Waals surface area contributed by atoms with Gasteiger partial charge in [-0.25, -0.2) is 13.1 Å². The van der Waals surface area contributed by atoms with E-state index in [0.717, 1.165) is 55.7 Å². The molecule has 2 aliphatic rings. The molecule has 1 saturated heterocycles. The molecule has 0 spiro atoms. The van der Waals surface area contributed by atoms with Crippen molar-refractivity contribution in [3.63, 3.8) is 0 Å². The zero-order chi connectivity index (χ0) is 21.3. The molecule has 1 aliphatic heterocycles. The molecule has 0 radical (unpaired) electrons. The maximum atomic E-state index is 13.1. The van der Waals surface area contributed by atoms with Crippen LogP contribution in [-0.4, -0.2) is 38.6 Å². The highest BCUT2D eigenvalue weighted by molar-refractivity contribution is 7.98. The summed E-state index contributed by atoms with van der Waals surface area (Å²) in [5.41, 5.74) is 4.12. The van der Waals surface area contributed by atoms with Gasteiger partial charge in [0, 0.05) is 24.0 Å². The van der Waals surface area contributed by atoms with Crippen molar-refractivity contribution in [2.75, 3.05) is 19.3 Å². The van der Waals surface area contributed by atoms with Crippen molar-refractivity contribution < 1.29 is 13.2 Å². The highest BCUT2D eigenvalue weighted by atomic mass is 32.2. The van der Waals surface area contributed by atoms with Crippen LogP contribution in [0, 0.1) is 0 Å². The second-order valence-electron chi connectivity index (χ2n) is 8.09. The molecule has 160 valence electrons. The number of nitrogens with one attached hydrogen (secondary N) is 1. The van der Waals surface area contributed by atoms with E-state index in [1.54, 1.807) is 12.1 Å². The third kappa shape index (κ3) is 4.29. The number of thioether (sulfide) groups is 1. The minimum atomic E-state index is -3.76. The van der Waals surface area contributed by atoms with Crippen molar-refractivity contribution in [1.82, 2.24) is 9.62 Å². The highest BCUT2D eigenvalue weighted by Gasteiger charge is 2.25. The van der Waals surface area contributed by atoms with Crippen LogP contribution in [0.3, 0.4) is 0 Å². The number of likely N-dealkylation sites (tertiary alicyclic amines) is 1. The second-order valence-corrected chi connectivity index (χ2v) is 10.6. The number of rotatable bonds is 6. The summed E-state index contributed by atoms with van der Waals surface area (Å²) in [5.74, 6) is -0.0828. The maximum absolute atomic E-state index is 13.1. The van der Waals surface area contributed by atoms with E-state index in [0.29, 0.717) is 5.56 Å². The molecule has 0 bridgehead atoms. The number of carbonyl (C=O) groups is 1. The normalized spacial score (nSPS) is 17.2. The molecule has 1 atom stereocenters.